The van der Waals surface area contributed by atoms with E-state index in [2.05, 4.69) is 24.1 Å². The van der Waals surface area contributed by atoms with Gasteiger partial charge in [0.25, 0.3) is 0 Å². The lowest BCUT2D eigenvalue weighted by Gasteiger charge is -2.22. The summed E-state index contributed by atoms with van der Waals surface area (Å²) in [5.74, 6) is -0.220. The highest BCUT2D eigenvalue weighted by atomic mass is 32.1. The van der Waals surface area contributed by atoms with Crippen LogP contribution < -0.4 is 5.32 Å². The van der Waals surface area contributed by atoms with Gasteiger partial charge >= 0.3 is 0 Å². The Kier molecular flexibility index (Phi) is 3.50. The van der Waals surface area contributed by atoms with Gasteiger partial charge in [0.15, 0.2) is 0 Å². The zero-order valence-electron chi connectivity index (χ0n) is 11.0. The summed E-state index contributed by atoms with van der Waals surface area (Å²) in [5, 5.41) is 4.22. The smallest absolute Gasteiger partial charge is 0.123 e. The highest BCUT2D eigenvalue weighted by Crippen LogP contribution is 2.34. The van der Waals surface area contributed by atoms with E-state index in [-0.39, 0.29) is 11.4 Å². The maximum Gasteiger partial charge on any atom is 0.123 e. The Hall–Kier alpha value is -1.26. The lowest BCUT2D eigenvalue weighted by atomic mass is 10.0. The van der Waals surface area contributed by atoms with E-state index < -0.39 is 0 Å². The summed E-state index contributed by atoms with van der Waals surface area (Å²) in [6, 6.07) is 6.47. The third-order valence-corrected chi connectivity index (χ3v) is 4.61. The zero-order valence-corrected chi connectivity index (χ0v) is 11.9. The second kappa shape index (κ2) is 4.78. The van der Waals surface area contributed by atoms with E-state index in [1.54, 1.807) is 23.5 Å². The molecule has 1 aromatic heterocycles. The quantitative estimate of drug-likeness (QED) is 0.914. The maximum atomic E-state index is 12.9. The standard InChI is InChI=1S/C14H17FN2S/c1-9-12(14(2,3)16-4)18-13(17-9)10-5-7-11(15)8-6-10/h5-8,16H,1-4H3. The van der Waals surface area contributed by atoms with Crippen molar-refractivity contribution in [2.24, 2.45) is 0 Å². The van der Waals surface area contributed by atoms with Crippen LogP contribution in [0.15, 0.2) is 24.3 Å². The molecule has 0 aliphatic heterocycles. The molecule has 0 bridgehead atoms. The molecule has 0 atom stereocenters. The van der Waals surface area contributed by atoms with Gasteiger partial charge in [-0.05, 0) is 52.1 Å². The minimum Gasteiger partial charge on any atom is -0.310 e. The highest BCUT2D eigenvalue weighted by molar-refractivity contribution is 7.15. The number of hydrogen-bond donors (Lipinski definition) is 1. The normalized spacial score (nSPS) is 11.8. The lowest BCUT2D eigenvalue weighted by molar-refractivity contribution is 0.450. The van der Waals surface area contributed by atoms with E-state index in [9.17, 15) is 4.39 Å². The monoisotopic (exact) mass is 264 g/mol. The van der Waals surface area contributed by atoms with Crippen LogP contribution in [0.25, 0.3) is 10.6 Å². The first-order chi connectivity index (χ1) is 8.44. The summed E-state index contributed by atoms with van der Waals surface area (Å²) in [7, 11) is 1.94. The lowest BCUT2D eigenvalue weighted by Crippen LogP contribution is -2.32. The Balaban J connectivity index is 2.43. The molecule has 2 rings (SSSR count). The predicted molar refractivity (Wildman–Crippen MR) is 74.3 cm³/mol. The largest absolute Gasteiger partial charge is 0.310 e. The van der Waals surface area contributed by atoms with Crippen LogP contribution in [0.2, 0.25) is 0 Å². The van der Waals surface area contributed by atoms with E-state index in [1.807, 2.05) is 14.0 Å². The summed E-state index contributed by atoms with van der Waals surface area (Å²) < 4.78 is 12.9. The van der Waals surface area contributed by atoms with Gasteiger partial charge in [0.1, 0.15) is 10.8 Å². The fourth-order valence-corrected chi connectivity index (χ4v) is 2.99. The fraction of sp³-hybridized carbons (Fsp3) is 0.357. The zero-order chi connectivity index (χ0) is 13.3. The van der Waals surface area contributed by atoms with E-state index in [0.29, 0.717) is 0 Å². The Morgan fingerprint density at radius 3 is 2.39 bits per heavy atom. The molecule has 0 amide bonds. The van der Waals surface area contributed by atoms with Crippen LogP contribution in [-0.4, -0.2) is 12.0 Å². The van der Waals surface area contributed by atoms with Gasteiger partial charge in [0.2, 0.25) is 0 Å². The van der Waals surface area contributed by atoms with Crippen LogP contribution in [0.5, 0.6) is 0 Å². The number of benzene rings is 1. The number of aryl methyl sites for hydroxylation is 1. The first-order valence-electron chi connectivity index (χ1n) is 5.87. The molecule has 0 saturated carbocycles. The van der Waals surface area contributed by atoms with E-state index >= 15 is 0 Å². The first-order valence-corrected chi connectivity index (χ1v) is 6.68. The summed E-state index contributed by atoms with van der Waals surface area (Å²) in [6.45, 7) is 6.27. The second-order valence-electron chi connectivity index (χ2n) is 4.82. The molecule has 0 fully saturated rings. The van der Waals surface area contributed by atoms with Gasteiger partial charge in [-0.3, -0.25) is 0 Å². The van der Waals surface area contributed by atoms with Crippen molar-refractivity contribution in [3.63, 3.8) is 0 Å². The Labute approximate surface area is 111 Å². The summed E-state index contributed by atoms with van der Waals surface area (Å²) in [5.41, 5.74) is 1.89. The summed E-state index contributed by atoms with van der Waals surface area (Å²) in [6.07, 6.45) is 0. The average Bonchev–Trinajstić information content (AvgIpc) is 2.73. The van der Waals surface area contributed by atoms with E-state index in [1.165, 1.54) is 17.0 Å². The Morgan fingerprint density at radius 2 is 1.83 bits per heavy atom. The number of hydrogen-bond acceptors (Lipinski definition) is 3. The number of rotatable bonds is 3. The number of nitrogens with zero attached hydrogens (tertiary/aromatic N) is 1. The molecule has 1 aromatic carbocycles. The van der Waals surface area contributed by atoms with Gasteiger partial charge in [-0.1, -0.05) is 0 Å². The van der Waals surface area contributed by atoms with Gasteiger partial charge in [0, 0.05) is 16.0 Å². The van der Waals surface area contributed by atoms with Crippen molar-refractivity contribution >= 4 is 11.3 Å². The minimum absolute atomic E-state index is 0.0972. The molecule has 0 radical (unpaired) electrons. The van der Waals surface area contributed by atoms with Crippen molar-refractivity contribution in [2.75, 3.05) is 7.05 Å². The molecule has 0 spiro atoms. The SMILES string of the molecule is CNC(C)(C)c1sc(-c2ccc(F)cc2)nc1C. The molecule has 1 N–H and O–H groups in total. The van der Waals surface area contributed by atoms with Crippen molar-refractivity contribution in [3.8, 4) is 10.6 Å². The predicted octanol–water partition coefficient (Wildman–Crippen LogP) is 3.71. The van der Waals surface area contributed by atoms with Crippen LogP contribution in [0.1, 0.15) is 24.4 Å². The number of thiazole rings is 1. The van der Waals surface area contributed by atoms with Crippen molar-refractivity contribution < 1.29 is 4.39 Å². The molecule has 0 aliphatic carbocycles. The van der Waals surface area contributed by atoms with Gasteiger partial charge in [-0.15, -0.1) is 11.3 Å². The highest BCUT2D eigenvalue weighted by Gasteiger charge is 2.24. The summed E-state index contributed by atoms with van der Waals surface area (Å²) >= 11 is 1.65. The maximum absolute atomic E-state index is 12.9. The van der Waals surface area contributed by atoms with Crippen molar-refractivity contribution in [3.05, 3.63) is 40.7 Å². The van der Waals surface area contributed by atoms with Crippen LogP contribution in [-0.2, 0) is 5.54 Å². The number of halogens is 1. The molecule has 2 nitrogen and oxygen atoms in total. The van der Waals surface area contributed by atoms with Crippen LogP contribution in [0.4, 0.5) is 4.39 Å². The average molecular weight is 264 g/mol. The Bertz CT molecular complexity index is 543. The van der Waals surface area contributed by atoms with Crippen LogP contribution in [0, 0.1) is 12.7 Å². The van der Waals surface area contributed by atoms with Crippen molar-refractivity contribution in [1.82, 2.24) is 10.3 Å². The molecule has 0 aliphatic rings. The molecule has 2 aromatic rings. The van der Waals surface area contributed by atoms with Crippen LogP contribution in [0.3, 0.4) is 0 Å². The van der Waals surface area contributed by atoms with E-state index in [4.69, 9.17) is 0 Å². The minimum atomic E-state index is -0.220. The van der Waals surface area contributed by atoms with E-state index in [0.717, 1.165) is 16.3 Å². The topological polar surface area (TPSA) is 24.9 Å². The molecule has 4 heteroatoms. The first kappa shape index (κ1) is 13.2. The molecular weight excluding hydrogens is 247 g/mol. The van der Waals surface area contributed by atoms with Crippen LogP contribution >= 0.6 is 11.3 Å². The Morgan fingerprint density at radius 1 is 1.22 bits per heavy atom. The fourth-order valence-electron chi connectivity index (χ4n) is 1.81. The van der Waals surface area contributed by atoms with Gasteiger partial charge < -0.3 is 5.32 Å². The number of aromatic nitrogens is 1. The molecule has 18 heavy (non-hydrogen) atoms. The third kappa shape index (κ3) is 2.44. The third-order valence-electron chi connectivity index (χ3n) is 3.08. The van der Waals surface area contributed by atoms with Gasteiger partial charge in [0.05, 0.1) is 5.69 Å². The van der Waals surface area contributed by atoms with Crippen molar-refractivity contribution in [1.29, 1.82) is 0 Å². The molecule has 96 valence electrons. The molecular formula is C14H17FN2S. The van der Waals surface area contributed by atoms with Gasteiger partial charge in [-0.2, -0.15) is 0 Å². The van der Waals surface area contributed by atoms with Crippen molar-refractivity contribution in [2.45, 2.75) is 26.3 Å². The second-order valence-corrected chi connectivity index (χ2v) is 5.81. The molecule has 0 unspecified atom stereocenters. The molecule has 0 saturated heterocycles. The molecule has 1 heterocycles. The number of nitrogens with one attached hydrogen (secondary N) is 1. The summed E-state index contributed by atoms with van der Waals surface area (Å²) in [4.78, 5) is 5.79. The van der Waals surface area contributed by atoms with Gasteiger partial charge in [-0.25, -0.2) is 9.37 Å².